The molecule has 1 aliphatic carbocycles. The van der Waals surface area contributed by atoms with Crippen molar-refractivity contribution in [3.8, 4) is 0 Å². The number of hydrogen-bond acceptors (Lipinski definition) is 3. The first-order valence-electron chi connectivity index (χ1n) is 4.94. The second kappa shape index (κ2) is 4.63. The summed E-state index contributed by atoms with van der Waals surface area (Å²) in [7, 11) is 0. The van der Waals surface area contributed by atoms with Gasteiger partial charge in [0.25, 0.3) is 5.91 Å². The molecule has 15 heavy (non-hydrogen) atoms. The van der Waals surface area contributed by atoms with Gasteiger partial charge < -0.3 is 11.1 Å². The zero-order valence-electron chi connectivity index (χ0n) is 8.20. The van der Waals surface area contributed by atoms with Crippen molar-refractivity contribution in [2.45, 2.75) is 18.9 Å². The Morgan fingerprint density at radius 2 is 2.47 bits per heavy atom. The molecule has 0 radical (unpaired) electrons. The zero-order valence-corrected chi connectivity index (χ0v) is 10.6. The number of amides is 1. The van der Waals surface area contributed by atoms with Gasteiger partial charge in [-0.05, 0) is 40.8 Å². The van der Waals surface area contributed by atoms with Crippen molar-refractivity contribution in [1.82, 2.24) is 5.32 Å². The average molecular weight is 289 g/mol. The smallest absolute Gasteiger partial charge is 0.261 e. The van der Waals surface area contributed by atoms with Crippen LogP contribution in [0, 0.1) is 5.92 Å². The Hall–Kier alpha value is -0.390. The lowest BCUT2D eigenvalue weighted by Gasteiger charge is -2.10. The summed E-state index contributed by atoms with van der Waals surface area (Å²) in [6, 6.07) is 1.94. The number of hydrogen-bond donors (Lipinski definition) is 2. The van der Waals surface area contributed by atoms with Gasteiger partial charge in [-0.25, -0.2) is 0 Å². The molecule has 1 unspecified atom stereocenters. The largest absolute Gasteiger partial charge is 0.350 e. The van der Waals surface area contributed by atoms with Gasteiger partial charge in [0.15, 0.2) is 0 Å². The molecule has 0 aliphatic heterocycles. The van der Waals surface area contributed by atoms with Crippen molar-refractivity contribution in [2.75, 3.05) is 6.54 Å². The van der Waals surface area contributed by atoms with Crippen LogP contribution in [0.3, 0.4) is 0 Å². The van der Waals surface area contributed by atoms with Gasteiger partial charge in [0, 0.05) is 22.4 Å². The minimum atomic E-state index is -0.0261. The molecule has 1 atom stereocenters. The van der Waals surface area contributed by atoms with E-state index in [4.69, 9.17) is 5.73 Å². The Morgan fingerprint density at radius 3 is 3.00 bits per heavy atom. The fraction of sp³-hybridized carbons (Fsp3) is 0.500. The molecule has 1 fully saturated rings. The lowest BCUT2D eigenvalue weighted by atomic mass is 10.2. The maximum Gasteiger partial charge on any atom is 0.261 e. The summed E-state index contributed by atoms with van der Waals surface area (Å²) in [6.07, 6.45) is 2.42. The topological polar surface area (TPSA) is 55.1 Å². The minimum absolute atomic E-state index is 0.0261. The molecule has 3 nitrogen and oxygen atoms in total. The third kappa shape index (κ3) is 3.03. The predicted octanol–water partition coefficient (Wildman–Crippen LogP) is 1.98. The van der Waals surface area contributed by atoms with Gasteiger partial charge in [-0.1, -0.05) is 0 Å². The molecular weight excluding hydrogens is 276 g/mol. The molecule has 0 aromatic carbocycles. The molecule has 1 aromatic heterocycles. The Labute approximate surface area is 101 Å². The van der Waals surface area contributed by atoms with Crippen molar-refractivity contribution >= 4 is 33.2 Å². The summed E-state index contributed by atoms with van der Waals surface area (Å²) in [6.45, 7) is 0.582. The van der Waals surface area contributed by atoms with E-state index in [1.165, 1.54) is 24.2 Å². The SMILES string of the molecule is NC(CNC(=O)c1cc(Br)cs1)C1CC1. The van der Waals surface area contributed by atoms with Crippen molar-refractivity contribution in [2.24, 2.45) is 11.7 Å². The normalized spacial score (nSPS) is 17.5. The summed E-state index contributed by atoms with van der Waals surface area (Å²) in [4.78, 5) is 12.4. The van der Waals surface area contributed by atoms with E-state index in [1.807, 2.05) is 11.4 Å². The lowest BCUT2D eigenvalue weighted by molar-refractivity contribution is 0.0954. The van der Waals surface area contributed by atoms with Gasteiger partial charge in [-0.15, -0.1) is 11.3 Å². The van der Waals surface area contributed by atoms with Crippen molar-refractivity contribution in [1.29, 1.82) is 0 Å². The number of carbonyl (C=O) groups is 1. The van der Waals surface area contributed by atoms with Gasteiger partial charge in [0.2, 0.25) is 0 Å². The highest BCUT2D eigenvalue weighted by Crippen LogP contribution is 2.31. The van der Waals surface area contributed by atoms with Crippen molar-refractivity contribution < 1.29 is 4.79 Å². The Balaban J connectivity index is 1.81. The zero-order chi connectivity index (χ0) is 10.8. The molecule has 0 bridgehead atoms. The molecule has 2 rings (SSSR count). The van der Waals surface area contributed by atoms with Gasteiger partial charge in [0.05, 0.1) is 4.88 Å². The van der Waals surface area contributed by atoms with Crippen LogP contribution in [0.25, 0.3) is 0 Å². The molecule has 1 heterocycles. The summed E-state index contributed by atoms with van der Waals surface area (Å²) < 4.78 is 0.948. The predicted molar refractivity (Wildman–Crippen MR) is 65.1 cm³/mol. The Kier molecular flexibility index (Phi) is 3.43. The van der Waals surface area contributed by atoms with E-state index in [1.54, 1.807) is 0 Å². The first-order chi connectivity index (χ1) is 7.16. The quantitative estimate of drug-likeness (QED) is 0.890. The maximum absolute atomic E-state index is 11.6. The van der Waals surface area contributed by atoms with Crippen LogP contribution in [0.15, 0.2) is 15.9 Å². The number of nitrogens with one attached hydrogen (secondary N) is 1. The third-order valence-corrected chi connectivity index (χ3v) is 4.21. The molecular formula is C10H13BrN2OS. The molecule has 0 saturated heterocycles. The molecule has 3 N–H and O–H groups in total. The van der Waals surface area contributed by atoms with Crippen LogP contribution >= 0.6 is 27.3 Å². The lowest BCUT2D eigenvalue weighted by Crippen LogP contribution is -2.38. The molecule has 1 saturated carbocycles. The van der Waals surface area contributed by atoms with E-state index in [0.29, 0.717) is 12.5 Å². The fourth-order valence-corrected chi connectivity index (χ4v) is 2.76. The molecule has 1 aromatic rings. The van der Waals surface area contributed by atoms with Gasteiger partial charge in [-0.2, -0.15) is 0 Å². The third-order valence-electron chi connectivity index (χ3n) is 2.52. The molecule has 82 valence electrons. The second-order valence-electron chi connectivity index (χ2n) is 3.84. The standard InChI is InChI=1S/C10H13BrN2OS/c11-7-3-9(15-5-7)10(14)13-4-8(12)6-1-2-6/h3,5-6,8H,1-2,4,12H2,(H,13,14). The minimum Gasteiger partial charge on any atom is -0.350 e. The molecule has 1 amide bonds. The summed E-state index contributed by atoms with van der Waals surface area (Å²) in [5.41, 5.74) is 5.89. The highest BCUT2D eigenvalue weighted by atomic mass is 79.9. The summed E-state index contributed by atoms with van der Waals surface area (Å²) >= 11 is 4.75. The van der Waals surface area contributed by atoms with Crippen LogP contribution in [-0.4, -0.2) is 18.5 Å². The Bertz CT molecular complexity index is 362. The van der Waals surface area contributed by atoms with Crippen LogP contribution in [0.4, 0.5) is 0 Å². The van der Waals surface area contributed by atoms with E-state index in [2.05, 4.69) is 21.2 Å². The van der Waals surface area contributed by atoms with Crippen LogP contribution in [0.2, 0.25) is 0 Å². The fourth-order valence-electron chi connectivity index (χ4n) is 1.42. The van der Waals surface area contributed by atoms with Crippen LogP contribution in [0.5, 0.6) is 0 Å². The van der Waals surface area contributed by atoms with E-state index in [-0.39, 0.29) is 11.9 Å². The van der Waals surface area contributed by atoms with E-state index >= 15 is 0 Å². The Morgan fingerprint density at radius 1 is 1.73 bits per heavy atom. The van der Waals surface area contributed by atoms with E-state index < -0.39 is 0 Å². The number of nitrogens with two attached hydrogens (primary N) is 1. The van der Waals surface area contributed by atoms with Crippen molar-refractivity contribution in [3.63, 3.8) is 0 Å². The monoisotopic (exact) mass is 288 g/mol. The number of carbonyl (C=O) groups excluding carboxylic acids is 1. The summed E-state index contributed by atoms with van der Waals surface area (Å²) in [5, 5.41) is 4.76. The van der Waals surface area contributed by atoms with Crippen LogP contribution < -0.4 is 11.1 Å². The first kappa shape index (κ1) is 11.1. The first-order valence-corrected chi connectivity index (χ1v) is 6.62. The van der Waals surface area contributed by atoms with Gasteiger partial charge in [-0.3, -0.25) is 4.79 Å². The number of halogens is 1. The molecule has 5 heteroatoms. The second-order valence-corrected chi connectivity index (χ2v) is 5.67. The van der Waals surface area contributed by atoms with Gasteiger partial charge in [0.1, 0.15) is 0 Å². The van der Waals surface area contributed by atoms with Crippen LogP contribution in [-0.2, 0) is 0 Å². The molecule has 0 spiro atoms. The molecule has 1 aliphatic rings. The van der Waals surface area contributed by atoms with E-state index in [0.717, 1.165) is 9.35 Å². The average Bonchev–Trinajstić information content (AvgIpc) is 2.97. The highest BCUT2D eigenvalue weighted by Gasteiger charge is 2.28. The van der Waals surface area contributed by atoms with Crippen LogP contribution in [0.1, 0.15) is 22.5 Å². The summed E-state index contributed by atoms with van der Waals surface area (Å²) in [5.74, 6) is 0.599. The van der Waals surface area contributed by atoms with Crippen molar-refractivity contribution in [3.05, 3.63) is 20.8 Å². The number of thiophene rings is 1. The number of rotatable bonds is 4. The maximum atomic E-state index is 11.6. The van der Waals surface area contributed by atoms with E-state index in [9.17, 15) is 4.79 Å². The highest BCUT2D eigenvalue weighted by molar-refractivity contribution is 9.10. The van der Waals surface area contributed by atoms with Gasteiger partial charge >= 0.3 is 0 Å².